The van der Waals surface area contributed by atoms with Gasteiger partial charge in [0, 0.05) is 12.2 Å². The van der Waals surface area contributed by atoms with Crippen LogP contribution in [0.1, 0.15) is 27.7 Å². The van der Waals surface area contributed by atoms with Crippen molar-refractivity contribution in [2.24, 2.45) is 10.8 Å². The maximum Gasteiger partial charge on any atom is 0.311 e. The first-order valence-electron chi connectivity index (χ1n) is 5.74. The van der Waals surface area contributed by atoms with Gasteiger partial charge in [0.25, 0.3) is 0 Å². The third-order valence-corrected chi connectivity index (χ3v) is 4.99. The number of aromatic nitrogens is 1. The predicted octanol–water partition coefficient (Wildman–Crippen LogP) is 3.60. The van der Waals surface area contributed by atoms with Crippen molar-refractivity contribution in [1.82, 2.24) is 4.98 Å². The predicted molar refractivity (Wildman–Crippen MR) is 73.6 cm³/mol. The number of pyridine rings is 1. The molecule has 1 N–H and O–H groups in total. The molecule has 2 rings (SSSR count). The van der Waals surface area contributed by atoms with Crippen molar-refractivity contribution in [3.05, 3.63) is 27.0 Å². The second kappa shape index (κ2) is 3.91. The van der Waals surface area contributed by atoms with Crippen LogP contribution in [0.4, 0.5) is 11.4 Å². The Morgan fingerprint density at radius 3 is 2.33 bits per heavy atom. The van der Waals surface area contributed by atoms with Gasteiger partial charge in [0.2, 0.25) is 0 Å². The third kappa shape index (κ3) is 1.79. The molecule has 1 aromatic rings. The largest absolute Gasteiger partial charge is 0.375 e. The summed E-state index contributed by atoms with van der Waals surface area (Å²) in [5.41, 5.74) is 0.745. The average Bonchev–Trinajstić information content (AvgIpc) is 2.62. The molecule has 0 radical (unpaired) electrons. The Morgan fingerprint density at radius 1 is 1.33 bits per heavy atom. The van der Waals surface area contributed by atoms with Crippen LogP contribution < -0.4 is 5.32 Å². The molecule has 1 aliphatic rings. The summed E-state index contributed by atoms with van der Waals surface area (Å²) in [7, 11) is 0. The number of nitro groups is 1. The van der Waals surface area contributed by atoms with Crippen molar-refractivity contribution in [2.75, 3.05) is 5.32 Å². The Kier molecular flexibility index (Phi) is 2.88. The van der Waals surface area contributed by atoms with Crippen LogP contribution in [0.15, 0.2) is 16.9 Å². The van der Waals surface area contributed by atoms with Gasteiger partial charge in [-0.3, -0.25) is 15.1 Å². The smallest absolute Gasteiger partial charge is 0.311 e. The minimum Gasteiger partial charge on any atom is -0.375 e. The van der Waals surface area contributed by atoms with E-state index in [1.165, 1.54) is 6.20 Å². The third-order valence-electron chi connectivity index (χ3n) is 4.39. The van der Waals surface area contributed by atoms with E-state index in [9.17, 15) is 10.1 Å². The van der Waals surface area contributed by atoms with Crippen molar-refractivity contribution < 1.29 is 4.92 Å². The molecular formula is C12H16BrN3O2. The summed E-state index contributed by atoms with van der Waals surface area (Å²) >= 11 is 3.32. The fourth-order valence-corrected chi connectivity index (χ4v) is 2.84. The summed E-state index contributed by atoms with van der Waals surface area (Å²) in [6.07, 6.45) is 2.84. The lowest BCUT2D eigenvalue weighted by molar-refractivity contribution is -0.384. The minimum atomic E-state index is -0.414. The molecule has 0 amide bonds. The second-order valence-corrected chi connectivity index (χ2v) is 6.65. The fourth-order valence-electron chi connectivity index (χ4n) is 2.41. The first kappa shape index (κ1) is 13.3. The van der Waals surface area contributed by atoms with E-state index in [2.05, 4.69) is 53.9 Å². The highest BCUT2D eigenvalue weighted by atomic mass is 79.9. The maximum absolute atomic E-state index is 11.0. The quantitative estimate of drug-likeness (QED) is 0.684. The molecule has 1 aromatic heterocycles. The summed E-state index contributed by atoms with van der Waals surface area (Å²) in [6, 6.07) is 0.211. The number of hydrogen-bond donors (Lipinski definition) is 1. The van der Waals surface area contributed by atoms with Gasteiger partial charge in [-0.2, -0.15) is 0 Å². The monoisotopic (exact) mass is 313 g/mol. The van der Waals surface area contributed by atoms with E-state index in [4.69, 9.17) is 0 Å². The van der Waals surface area contributed by atoms with Crippen LogP contribution in [0.25, 0.3) is 0 Å². The lowest BCUT2D eigenvalue weighted by Gasteiger charge is -2.10. The van der Waals surface area contributed by atoms with Crippen LogP contribution in [-0.2, 0) is 0 Å². The molecule has 6 heteroatoms. The van der Waals surface area contributed by atoms with E-state index in [0.29, 0.717) is 10.2 Å². The van der Waals surface area contributed by atoms with Gasteiger partial charge in [-0.15, -0.1) is 0 Å². The highest BCUT2D eigenvalue weighted by molar-refractivity contribution is 9.10. The van der Waals surface area contributed by atoms with Crippen LogP contribution >= 0.6 is 15.9 Å². The Morgan fingerprint density at radius 2 is 1.89 bits per heavy atom. The highest BCUT2D eigenvalue weighted by Crippen LogP contribution is 2.64. The maximum atomic E-state index is 11.0. The molecule has 0 spiro atoms. The van der Waals surface area contributed by atoms with Crippen molar-refractivity contribution in [3.63, 3.8) is 0 Å². The van der Waals surface area contributed by atoms with E-state index in [-0.39, 0.29) is 22.6 Å². The van der Waals surface area contributed by atoms with Crippen LogP contribution in [0.5, 0.6) is 0 Å². The number of anilines is 1. The summed E-state index contributed by atoms with van der Waals surface area (Å²) in [4.78, 5) is 14.4. The average molecular weight is 314 g/mol. The zero-order chi connectivity index (χ0) is 13.7. The van der Waals surface area contributed by atoms with Gasteiger partial charge < -0.3 is 5.32 Å². The Labute approximate surface area is 114 Å². The van der Waals surface area contributed by atoms with Crippen LogP contribution in [0.2, 0.25) is 0 Å². The van der Waals surface area contributed by atoms with Gasteiger partial charge >= 0.3 is 5.69 Å². The molecule has 18 heavy (non-hydrogen) atoms. The van der Waals surface area contributed by atoms with E-state index >= 15 is 0 Å². The minimum absolute atomic E-state index is 0.00266. The molecule has 0 aliphatic heterocycles. The molecule has 98 valence electrons. The topological polar surface area (TPSA) is 68.1 Å². The summed E-state index contributed by atoms with van der Waals surface area (Å²) in [5.74, 6) is 0. The zero-order valence-electron chi connectivity index (χ0n) is 10.8. The lowest BCUT2D eigenvalue weighted by atomic mass is 10.0. The number of nitrogens with zero attached hydrogens (tertiary/aromatic N) is 2. The van der Waals surface area contributed by atoms with Gasteiger partial charge in [0.15, 0.2) is 0 Å². The molecule has 1 heterocycles. The normalized spacial score (nSPS) is 20.5. The fraction of sp³-hybridized carbons (Fsp3) is 0.583. The van der Waals surface area contributed by atoms with Crippen molar-refractivity contribution in [3.8, 4) is 0 Å². The molecule has 5 nitrogen and oxygen atoms in total. The van der Waals surface area contributed by atoms with Crippen LogP contribution in [-0.4, -0.2) is 15.9 Å². The molecule has 0 atom stereocenters. The first-order chi connectivity index (χ1) is 8.19. The zero-order valence-corrected chi connectivity index (χ0v) is 12.4. The standard InChI is InChI=1S/C12H16BrN3O2/c1-11(2)10(12(11,3)4)15-9-7(13)5-14-6-8(9)16(17)18/h5-6,10H,1-4H3,(H,14,15). The molecule has 0 bridgehead atoms. The van der Waals surface area contributed by atoms with E-state index in [1.807, 2.05) is 0 Å². The Bertz CT molecular complexity index is 500. The molecule has 0 unspecified atom stereocenters. The van der Waals surface area contributed by atoms with Crippen molar-refractivity contribution in [1.29, 1.82) is 0 Å². The van der Waals surface area contributed by atoms with E-state index in [0.717, 1.165) is 0 Å². The van der Waals surface area contributed by atoms with Gasteiger partial charge in [-0.1, -0.05) is 27.7 Å². The van der Waals surface area contributed by atoms with Crippen LogP contribution in [0, 0.1) is 20.9 Å². The SMILES string of the molecule is CC1(C)C(Nc2c(Br)cncc2[N+](=O)[O-])C1(C)C. The van der Waals surface area contributed by atoms with Crippen LogP contribution in [0.3, 0.4) is 0 Å². The van der Waals surface area contributed by atoms with Crippen molar-refractivity contribution >= 4 is 27.3 Å². The molecule has 1 saturated carbocycles. The highest BCUT2D eigenvalue weighted by Gasteiger charge is 2.65. The van der Waals surface area contributed by atoms with Gasteiger partial charge in [0.05, 0.1) is 9.40 Å². The molecule has 1 fully saturated rings. The number of nitrogens with one attached hydrogen (secondary N) is 1. The lowest BCUT2D eigenvalue weighted by Crippen LogP contribution is -2.12. The van der Waals surface area contributed by atoms with Gasteiger partial charge in [-0.25, -0.2) is 0 Å². The second-order valence-electron chi connectivity index (χ2n) is 5.79. The Hall–Kier alpha value is -1.17. The summed E-state index contributed by atoms with van der Waals surface area (Å²) < 4.78 is 0.621. The summed E-state index contributed by atoms with van der Waals surface area (Å²) in [6.45, 7) is 8.63. The van der Waals surface area contributed by atoms with Gasteiger partial charge in [0.1, 0.15) is 11.9 Å². The number of hydrogen-bond acceptors (Lipinski definition) is 4. The molecule has 1 aliphatic carbocycles. The Balaban J connectivity index is 2.34. The molecular weight excluding hydrogens is 298 g/mol. The first-order valence-corrected chi connectivity index (χ1v) is 6.53. The number of rotatable bonds is 3. The summed E-state index contributed by atoms with van der Waals surface area (Å²) in [5, 5.41) is 14.3. The van der Waals surface area contributed by atoms with Gasteiger partial charge in [-0.05, 0) is 26.8 Å². The van der Waals surface area contributed by atoms with E-state index in [1.54, 1.807) is 6.20 Å². The van der Waals surface area contributed by atoms with E-state index < -0.39 is 4.92 Å². The molecule has 0 saturated heterocycles. The van der Waals surface area contributed by atoms with Crippen molar-refractivity contribution in [2.45, 2.75) is 33.7 Å². The number of halogens is 1. The molecule has 0 aromatic carbocycles.